The number of halogens is 1. The Kier molecular flexibility index (Phi) is 3.68. The summed E-state index contributed by atoms with van der Waals surface area (Å²) in [5, 5.41) is 6.83. The molecule has 0 aliphatic heterocycles. The van der Waals surface area contributed by atoms with E-state index < -0.39 is 0 Å². The summed E-state index contributed by atoms with van der Waals surface area (Å²) in [6.07, 6.45) is 1.74. The lowest BCUT2D eigenvalue weighted by molar-refractivity contribution is 1.06. The number of H-pyrrole nitrogens is 1. The molecule has 3 N–H and O–H groups in total. The number of rotatable bonds is 2. The molecule has 1 aromatic heterocycles. The minimum Gasteiger partial charge on any atom is -0.326 e. The van der Waals surface area contributed by atoms with Gasteiger partial charge >= 0.3 is 0 Å². The average Bonchev–Trinajstić information content (AvgIpc) is 2.70. The van der Waals surface area contributed by atoms with Gasteiger partial charge in [0.2, 0.25) is 0 Å². The van der Waals surface area contributed by atoms with Gasteiger partial charge in [0.25, 0.3) is 0 Å². The highest BCUT2D eigenvalue weighted by molar-refractivity contribution is 5.85. The lowest BCUT2D eigenvalue weighted by Crippen LogP contribution is -1.98. The standard InChI is InChI=1S/C10H11N3.ClH/c11-7-8-3-1-2-4-9(8)10-5-6-12-13-10;/h1-6H,7,11H2,(H,12,13);1H. The monoisotopic (exact) mass is 209 g/mol. The van der Waals surface area contributed by atoms with Gasteiger partial charge < -0.3 is 5.73 Å². The lowest BCUT2D eigenvalue weighted by atomic mass is 10.1. The molecule has 0 radical (unpaired) electrons. The molecule has 0 bridgehead atoms. The molecule has 0 atom stereocenters. The summed E-state index contributed by atoms with van der Waals surface area (Å²) in [6.45, 7) is 0.551. The van der Waals surface area contributed by atoms with Crippen LogP contribution >= 0.6 is 12.4 Å². The molecule has 0 unspecified atom stereocenters. The van der Waals surface area contributed by atoms with Gasteiger partial charge in [0, 0.05) is 18.3 Å². The van der Waals surface area contributed by atoms with Crippen LogP contribution in [0, 0.1) is 0 Å². The molecule has 4 heteroatoms. The average molecular weight is 210 g/mol. The van der Waals surface area contributed by atoms with Gasteiger partial charge in [0.05, 0.1) is 5.69 Å². The first-order valence-corrected chi connectivity index (χ1v) is 4.19. The molecule has 0 saturated heterocycles. The largest absolute Gasteiger partial charge is 0.326 e. The van der Waals surface area contributed by atoms with E-state index in [4.69, 9.17) is 5.73 Å². The van der Waals surface area contributed by atoms with E-state index in [9.17, 15) is 0 Å². The molecule has 74 valence electrons. The molecule has 0 amide bonds. The Morgan fingerprint density at radius 2 is 2.00 bits per heavy atom. The van der Waals surface area contributed by atoms with Gasteiger partial charge in [-0.05, 0) is 11.6 Å². The predicted octanol–water partition coefficient (Wildman–Crippen LogP) is 1.96. The van der Waals surface area contributed by atoms with E-state index in [1.807, 2.05) is 30.3 Å². The molecule has 14 heavy (non-hydrogen) atoms. The van der Waals surface area contributed by atoms with Crippen LogP contribution in [0.2, 0.25) is 0 Å². The van der Waals surface area contributed by atoms with Crippen LogP contribution in [0.3, 0.4) is 0 Å². The fraction of sp³-hybridized carbons (Fsp3) is 0.100. The quantitative estimate of drug-likeness (QED) is 0.795. The highest BCUT2D eigenvalue weighted by atomic mass is 35.5. The van der Waals surface area contributed by atoms with Crippen LogP contribution < -0.4 is 5.73 Å². The van der Waals surface area contributed by atoms with Gasteiger partial charge in [-0.1, -0.05) is 24.3 Å². The first kappa shape index (κ1) is 10.8. The summed E-state index contributed by atoms with van der Waals surface area (Å²) in [6, 6.07) is 9.98. The van der Waals surface area contributed by atoms with E-state index >= 15 is 0 Å². The molecular weight excluding hydrogens is 198 g/mol. The van der Waals surface area contributed by atoms with Crippen molar-refractivity contribution in [1.29, 1.82) is 0 Å². The molecule has 1 aromatic carbocycles. The maximum absolute atomic E-state index is 5.62. The zero-order chi connectivity index (χ0) is 9.10. The topological polar surface area (TPSA) is 54.7 Å². The smallest absolute Gasteiger partial charge is 0.0653 e. The van der Waals surface area contributed by atoms with Gasteiger partial charge in [-0.2, -0.15) is 5.10 Å². The van der Waals surface area contributed by atoms with Crippen molar-refractivity contribution in [3.8, 4) is 11.3 Å². The molecule has 0 aliphatic carbocycles. The number of nitrogens with two attached hydrogens (primary N) is 1. The summed E-state index contributed by atoms with van der Waals surface area (Å²) in [5.41, 5.74) is 8.90. The fourth-order valence-corrected chi connectivity index (χ4v) is 1.37. The van der Waals surface area contributed by atoms with Crippen molar-refractivity contribution in [2.75, 3.05) is 0 Å². The van der Waals surface area contributed by atoms with Crippen molar-refractivity contribution >= 4 is 12.4 Å². The Balaban J connectivity index is 0.000000980. The Morgan fingerprint density at radius 3 is 2.64 bits per heavy atom. The van der Waals surface area contributed by atoms with Crippen LogP contribution in [0.4, 0.5) is 0 Å². The first-order chi connectivity index (χ1) is 6.42. The number of aromatic nitrogens is 2. The van der Waals surface area contributed by atoms with Crippen LogP contribution in [0.25, 0.3) is 11.3 Å². The van der Waals surface area contributed by atoms with Gasteiger partial charge in [0.1, 0.15) is 0 Å². The summed E-state index contributed by atoms with van der Waals surface area (Å²) in [7, 11) is 0. The number of benzene rings is 1. The highest BCUT2D eigenvalue weighted by Crippen LogP contribution is 2.20. The second kappa shape index (κ2) is 4.79. The van der Waals surface area contributed by atoms with Crippen molar-refractivity contribution in [2.45, 2.75) is 6.54 Å². The molecule has 2 rings (SSSR count). The maximum Gasteiger partial charge on any atom is 0.0653 e. The second-order valence-corrected chi connectivity index (χ2v) is 2.83. The fourth-order valence-electron chi connectivity index (χ4n) is 1.37. The summed E-state index contributed by atoms with van der Waals surface area (Å²) in [5.74, 6) is 0. The van der Waals surface area contributed by atoms with Crippen molar-refractivity contribution < 1.29 is 0 Å². The zero-order valence-electron chi connectivity index (χ0n) is 7.60. The highest BCUT2D eigenvalue weighted by Gasteiger charge is 2.02. The Labute approximate surface area is 88.7 Å². The summed E-state index contributed by atoms with van der Waals surface area (Å²) in [4.78, 5) is 0. The third-order valence-electron chi connectivity index (χ3n) is 2.03. The van der Waals surface area contributed by atoms with E-state index in [1.165, 1.54) is 0 Å². The molecular formula is C10H12ClN3. The normalized spacial score (nSPS) is 9.50. The predicted molar refractivity (Wildman–Crippen MR) is 59.2 cm³/mol. The van der Waals surface area contributed by atoms with Gasteiger partial charge in [-0.25, -0.2) is 0 Å². The van der Waals surface area contributed by atoms with Gasteiger partial charge in [0.15, 0.2) is 0 Å². The second-order valence-electron chi connectivity index (χ2n) is 2.83. The van der Waals surface area contributed by atoms with E-state index in [2.05, 4.69) is 10.2 Å². The van der Waals surface area contributed by atoms with E-state index in [-0.39, 0.29) is 12.4 Å². The number of hydrogen-bond acceptors (Lipinski definition) is 2. The molecule has 1 heterocycles. The molecule has 0 aliphatic rings. The number of nitrogens with one attached hydrogen (secondary N) is 1. The van der Waals surface area contributed by atoms with Crippen molar-refractivity contribution in [2.24, 2.45) is 5.73 Å². The first-order valence-electron chi connectivity index (χ1n) is 4.19. The molecule has 0 saturated carbocycles. The van der Waals surface area contributed by atoms with Crippen LogP contribution in [0.5, 0.6) is 0 Å². The maximum atomic E-state index is 5.62. The van der Waals surface area contributed by atoms with Crippen LogP contribution in [0.15, 0.2) is 36.5 Å². The van der Waals surface area contributed by atoms with Crippen molar-refractivity contribution in [1.82, 2.24) is 10.2 Å². The van der Waals surface area contributed by atoms with E-state index in [0.29, 0.717) is 6.54 Å². The SMILES string of the molecule is Cl.NCc1ccccc1-c1ccn[nH]1. The van der Waals surface area contributed by atoms with Gasteiger partial charge in [-0.15, -0.1) is 12.4 Å². The minimum absolute atomic E-state index is 0. The lowest BCUT2D eigenvalue weighted by Gasteiger charge is -2.03. The van der Waals surface area contributed by atoms with Crippen molar-refractivity contribution in [3.05, 3.63) is 42.1 Å². The third-order valence-corrected chi connectivity index (χ3v) is 2.03. The molecule has 2 aromatic rings. The molecule has 0 spiro atoms. The zero-order valence-corrected chi connectivity index (χ0v) is 8.42. The van der Waals surface area contributed by atoms with Crippen LogP contribution in [0.1, 0.15) is 5.56 Å². The summed E-state index contributed by atoms with van der Waals surface area (Å²) < 4.78 is 0. The number of aromatic amines is 1. The molecule has 3 nitrogen and oxygen atoms in total. The van der Waals surface area contributed by atoms with Gasteiger partial charge in [-0.3, -0.25) is 5.10 Å². The Bertz CT molecular complexity index is 384. The Hall–Kier alpha value is -1.32. The van der Waals surface area contributed by atoms with E-state index in [0.717, 1.165) is 16.8 Å². The van der Waals surface area contributed by atoms with Crippen molar-refractivity contribution in [3.63, 3.8) is 0 Å². The number of hydrogen-bond donors (Lipinski definition) is 2. The third kappa shape index (κ3) is 1.95. The Morgan fingerprint density at radius 1 is 1.21 bits per heavy atom. The van der Waals surface area contributed by atoms with Crippen LogP contribution in [-0.2, 0) is 6.54 Å². The minimum atomic E-state index is 0. The number of nitrogens with zero attached hydrogens (tertiary/aromatic N) is 1. The molecule has 0 fully saturated rings. The van der Waals surface area contributed by atoms with E-state index in [1.54, 1.807) is 6.20 Å². The summed E-state index contributed by atoms with van der Waals surface area (Å²) >= 11 is 0. The van der Waals surface area contributed by atoms with Crippen LogP contribution in [-0.4, -0.2) is 10.2 Å².